The predicted molar refractivity (Wildman–Crippen MR) is 81.1 cm³/mol. The minimum atomic E-state index is -0.0994. The Hall–Kier alpha value is -1.34. The first-order valence-electron chi connectivity index (χ1n) is 7.08. The van der Waals surface area contributed by atoms with Crippen LogP contribution in [0.25, 0.3) is 0 Å². The molecule has 1 heterocycles. The third-order valence-electron chi connectivity index (χ3n) is 3.54. The van der Waals surface area contributed by atoms with E-state index in [9.17, 15) is 4.79 Å². The Labute approximate surface area is 123 Å². The maximum absolute atomic E-state index is 12.4. The summed E-state index contributed by atoms with van der Waals surface area (Å²) in [7, 11) is 0. The summed E-state index contributed by atoms with van der Waals surface area (Å²) in [4.78, 5) is 18.8. The Kier molecular flexibility index (Phi) is 5.19. The van der Waals surface area contributed by atoms with Gasteiger partial charge in [0.15, 0.2) is 5.13 Å². The number of hydrogen-bond acceptors (Lipinski definition) is 6. The Morgan fingerprint density at radius 2 is 2.35 bits per heavy atom. The van der Waals surface area contributed by atoms with E-state index in [4.69, 9.17) is 10.8 Å². The summed E-state index contributed by atoms with van der Waals surface area (Å²) in [6.07, 6.45) is 4.13. The first-order chi connectivity index (χ1) is 9.65. The Bertz CT molecular complexity index is 459. The van der Waals surface area contributed by atoms with Gasteiger partial charge in [0.2, 0.25) is 0 Å². The Morgan fingerprint density at radius 1 is 1.60 bits per heavy atom. The number of thiazole rings is 1. The lowest BCUT2D eigenvalue weighted by Crippen LogP contribution is -2.32. The van der Waals surface area contributed by atoms with Crippen molar-refractivity contribution in [3.8, 4) is 0 Å². The molecule has 1 aliphatic rings. The fraction of sp³-hybridized carbons (Fsp3) is 0.692. The third kappa shape index (κ3) is 3.40. The largest absolute Gasteiger partial charge is 0.396 e. The lowest BCUT2D eigenvalue weighted by molar-refractivity contribution is 0.0760. The molecule has 1 aliphatic carbocycles. The molecule has 0 aromatic carbocycles. The van der Waals surface area contributed by atoms with Gasteiger partial charge < -0.3 is 21.1 Å². The molecule has 0 bridgehead atoms. The zero-order valence-electron chi connectivity index (χ0n) is 11.8. The molecule has 0 unspecified atom stereocenters. The Balaban J connectivity index is 2.03. The summed E-state index contributed by atoms with van der Waals surface area (Å²) in [6, 6.07) is 0.472. The molecule has 1 aromatic heterocycles. The third-order valence-corrected chi connectivity index (χ3v) is 4.53. The normalized spacial score (nSPS) is 14.9. The highest BCUT2D eigenvalue weighted by molar-refractivity contribution is 7.18. The minimum absolute atomic E-state index is 0.0798. The number of nitrogens with two attached hydrogens (primary N) is 1. The number of aliphatic hydroxyl groups is 1. The van der Waals surface area contributed by atoms with Crippen LogP contribution in [-0.4, -0.2) is 46.6 Å². The van der Waals surface area contributed by atoms with Crippen LogP contribution < -0.4 is 11.1 Å². The van der Waals surface area contributed by atoms with Gasteiger partial charge in [0.25, 0.3) is 5.91 Å². The van der Waals surface area contributed by atoms with Crippen molar-refractivity contribution >= 4 is 28.2 Å². The fourth-order valence-corrected chi connectivity index (χ4v) is 3.01. The molecule has 7 heteroatoms. The van der Waals surface area contributed by atoms with E-state index in [0.717, 1.165) is 18.0 Å². The Morgan fingerprint density at radius 3 is 2.90 bits per heavy atom. The molecule has 0 atom stereocenters. The highest BCUT2D eigenvalue weighted by Crippen LogP contribution is 2.30. The maximum Gasteiger partial charge on any atom is 0.267 e. The van der Waals surface area contributed by atoms with E-state index in [2.05, 4.69) is 10.3 Å². The summed E-state index contributed by atoms with van der Waals surface area (Å²) in [5.41, 5.74) is 5.86. The van der Waals surface area contributed by atoms with Gasteiger partial charge in [-0.3, -0.25) is 4.79 Å². The molecule has 6 nitrogen and oxygen atoms in total. The molecular weight excluding hydrogens is 276 g/mol. The van der Waals surface area contributed by atoms with Crippen LogP contribution in [0, 0.1) is 0 Å². The summed E-state index contributed by atoms with van der Waals surface area (Å²) < 4.78 is 0. The second kappa shape index (κ2) is 6.90. The van der Waals surface area contributed by atoms with Crippen LogP contribution in [0.5, 0.6) is 0 Å². The summed E-state index contributed by atoms with van der Waals surface area (Å²) in [6.45, 7) is 3.13. The van der Waals surface area contributed by atoms with Crippen LogP contribution in [0.2, 0.25) is 0 Å². The molecule has 1 aromatic rings. The van der Waals surface area contributed by atoms with E-state index in [-0.39, 0.29) is 12.5 Å². The van der Waals surface area contributed by atoms with Crippen molar-refractivity contribution < 1.29 is 9.90 Å². The van der Waals surface area contributed by atoms with E-state index in [1.54, 1.807) is 4.90 Å². The fourth-order valence-electron chi connectivity index (χ4n) is 2.08. The van der Waals surface area contributed by atoms with Gasteiger partial charge >= 0.3 is 0 Å². The number of carbonyl (C=O) groups is 1. The van der Waals surface area contributed by atoms with Crippen molar-refractivity contribution in [2.45, 2.75) is 38.6 Å². The number of anilines is 2. The number of aromatic nitrogens is 1. The van der Waals surface area contributed by atoms with E-state index >= 15 is 0 Å². The number of amides is 1. The topological polar surface area (TPSA) is 91.5 Å². The molecule has 1 saturated carbocycles. The molecule has 4 N–H and O–H groups in total. The van der Waals surface area contributed by atoms with Crippen LogP contribution in [0.1, 0.15) is 42.3 Å². The second-order valence-electron chi connectivity index (χ2n) is 4.97. The van der Waals surface area contributed by atoms with Gasteiger partial charge in [0, 0.05) is 25.7 Å². The van der Waals surface area contributed by atoms with Crippen molar-refractivity contribution in [1.82, 2.24) is 9.88 Å². The first kappa shape index (κ1) is 15.1. The number of carbonyl (C=O) groups excluding carboxylic acids is 1. The van der Waals surface area contributed by atoms with Crippen LogP contribution >= 0.6 is 11.3 Å². The van der Waals surface area contributed by atoms with E-state index < -0.39 is 0 Å². The number of aliphatic hydroxyl groups excluding tert-OH is 1. The van der Waals surface area contributed by atoms with Crippen molar-refractivity contribution in [2.75, 3.05) is 30.7 Å². The van der Waals surface area contributed by atoms with Gasteiger partial charge in [-0.2, -0.15) is 0 Å². The quantitative estimate of drug-likeness (QED) is 0.710. The molecule has 0 radical (unpaired) electrons. The van der Waals surface area contributed by atoms with Gasteiger partial charge in [0.05, 0.1) is 0 Å². The van der Waals surface area contributed by atoms with Crippen molar-refractivity contribution in [3.63, 3.8) is 0 Å². The van der Waals surface area contributed by atoms with Gasteiger partial charge in [-0.05, 0) is 32.6 Å². The second-order valence-corrected chi connectivity index (χ2v) is 5.97. The smallest absolute Gasteiger partial charge is 0.267 e. The molecule has 1 fully saturated rings. The molecule has 0 aliphatic heterocycles. The summed E-state index contributed by atoms with van der Waals surface area (Å²) in [5.74, 6) is 0.196. The summed E-state index contributed by atoms with van der Waals surface area (Å²) >= 11 is 1.32. The standard InChI is InChI=1S/C13H22N4O2S/c1-2-17(7-4-8-18)12(19)10-11(14)16-13(20-10)15-9-5-3-6-9/h9,18H,2-8,14H2,1H3,(H,15,16). The molecule has 20 heavy (non-hydrogen) atoms. The molecule has 0 saturated heterocycles. The van der Waals surface area contributed by atoms with Gasteiger partial charge in [-0.15, -0.1) is 0 Å². The molecular formula is C13H22N4O2S. The number of hydrogen-bond donors (Lipinski definition) is 3. The molecule has 2 rings (SSSR count). The highest BCUT2D eigenvalue weighted by Gasteiger charge is 2.23. The average molecular weight is 298 g/mol. The first-order valence-corrected chi connectivity index (χ1v) is 7.90. The number of nitrogens with one attached hydrogen (secondary N) is 1. The van der Waals surface area contributed by atoms with Gasteiger partial charge in [0.1, 0.15) is 10.7 Å². The zero-order chi connectivity index (χ0) is 14.5. The monoisotopic (exact) mass is 298 g/mol. The van der Waals surface area contributed by atoms with Crippen LogP contribution in [0.15, 0.2) is 0 Å². The lowest BCUT2D eigenvalue weighted by Gasteiger charge is -2.25. The van der Waals surface area contributed by atoms with Crippen LogP contribution in [0.3, 0.4) is 0 Å². The highest BCUT2D eigenvalue weighted by atomic mass is 32.1. The maximum atomic E-state index is 12.4. The van der Waals surface area contributed by atoms with Crippen LogP contribution in [-0.2, 0) is 0 Å². The van der Waals surface area contributed by atoms with E-state index in [1.165, 1.54) is 17.8 Å². The van der Waals surface area contributed by atoms with Crippen LogP contribution in [0.4, 0.5) is 10.9 Å². The summed E-state index contributed by atoms with van der Waals surface area (Å²) in [5, 5.41) is 12.9. The minimum Gasteiger partial charge on any atom is -0.396 e. The molecule has 0 spiro atoms. The van der Waals surface area contributed by atoms with E-state index in [0.29, 0.717) is 36.2 Å². The van der Waals surface area contributed by atoms with Gasteiger partial charge in [-0.1, -0.05) is 11.3 Å². The molecule has 1 amide bonds. The van der Waals surface area contributed by atoms with Gasteiger partial charge in [-0.25, -0.2) is 4.98 Å². The SMILES string of the molecule is CCN(CCCO)C(=O)c1sc(NC2CCC2)nc1N. The average Bonchev–Trinajstić information content (AvgIpc) is 2.75. The number of nitrogens with zero attached hydrogens (tertiary/aromatic N) is 2. The zero-order valence-corrected chi connectivity index (χ0v) is 12.6. The van der Waals surface area contributed by atoms with Crippen molar-refractivity contribution in [2.24, 2.45) is 0 Å². The van der Waals surface area contributed by atoms with Crippen molar-refractivity contribution in [3.05, 3.63) is 4.88 Å². The molecule has 112 valence electrons. The predicted octanol–water partition coefficient (Wildman–Crippen LogP) is 1.53. The van der Waals surface area contributed by atoms with E-state index in [1.807, 2.05) is 6.92 Å². The number of rotatable bonds is 7. The number of nitrogen functional groups attached to an aromatic ring is 1. The van der Waals surface area contributed by atoms with Crippen molar-refractivity contribution in [1.29, 1.82) is 0 Å². The lowest BCUT2D eigenvalue weighted by atomic mass is 9.93.